The van der Waals surface area contributed by atoms with E-state index in [4.69, 9.17) is 14.3 Å². The van der Waals surface area contributed by atoms with Crippen LogP contribution in [0.1, 0.15) is 32.4 Å². The molecule has 0 aliphatic carbocycles. The van der Waals surface area contributed by atoms with E-state index in [9.17, 15) is 8.42 Å². The third kappa shape index (κ3) is 6.35. The highest BCUT2D eigenvalue weighted by atomic mass is 32.2. The molecule has 0 heterocycles. The lowest BCUT2D eigenvalue weighted by atomic mass is 10.0. The molecule has 0 aromatic heterocycles. The van der Waals surface area contributed by atoms with Gasteiger partial charge in [0.15, 0.2) is 8.32 Å². The van der Waals surface area contributed by atoms with E-state index in [1.54, 1.807) is 0 Å². The Kier molecular flexibility index (Phi) is 6.57. The first kappa shape index (κ1) is 20.3. The second kappa shape index (κ2) is 7.44. The van der Waals surface area contributed by atoms with Crippen LogP contribution in [0.3, 0.4) is 0 Å². The van der Waals surface area contributed by atoms with Gasteiger partial charge in [-0.15, -0.1) is 0 Å². The van der Waals surface area contributed by atoms with Crippen LogP contribution in [0, 0.1) is 0 Å². The fourth-order valence-corrected chi connectivity index (χ4v) is 3.49. The first-order valence-corrected chi connectivity index (χ1v) is 12.4. The van der Waals surface area contributed by atoms with Gasteiger partial charge in [0, 0.05) is 0 Å². The van der Waals surface area contributed by atoms with E-state index in [0.717, 1.165) is 11.8 Å². The Balaban J connectivity index is 2.91. The summed E-state index contributed by atoms with van der Waals surface area (Å²) in [4.78, 5) is 0. The van der Waals surface area contributed by atoms with Gasteiger partial charge in [-0.1, -0.05) is 51.1 Å². The van der Waals surface area contributed by atoms with Gasteiger partial charge in [-0.2, -0.15) is 8.42 Å². The van der Waals surface area contributed by atoms with Gasteiger partial charge in [-0.3, -0.25) is 4.18 Å². The van der Waals surface area contributed by atoms with E-state index in [-0.39, 0.29) is 11.6 Å². The predicted octanol–water partition coefficient (Wildman–Crippen LogP) is 3.05. The van der Waals surface area contributed by atoms with Crippen LogP contribution in [-0.2, 0) is 18.7 Å². The molecule has 0 saturated carbocycles. The van der Waals surface area contributed by atoms with Gasteiger partial charge in [0.1, 0.15) is 6.10 Å². The summed E-state index contributed by atoms with van der Waals surface area (Å²) in [6.45, 7) is 11.0. The highest BCUT2D eigenvalue weighted by Gasteiger charge is 2.38. The van der Waals surface area contributed by atoms with Gasteiger partial charge < -0.3 is 10.2 Å². The smallest absolute Gasteiger partial charge is 0.265 e. The number of benzene rings is 1. The van der Waals surface area contributed by atoms with Crippen molar-refractivity contribution < 1.29 is 17.0 Å². The van der Waals surface area contributed by atoms with Gasteiger partial charge in [-0.05, 0) is 23.7 Å². The quantitative estimate of drug-likeness (QED) is 0.598. The van der Waals surface area contributed by atoms with Crippen LogP contribution in [0.25, 0.3) is 0 Å². The second-order valence-electron chi connectivity index (χ2n) is 7.37. The second-order valence-corrected chi connectivity index (χ2v) is 13.8. The molecule has 0 unspecified atom stereocenters. The Bertz CT molecular complexity index is 596. The van der Waals surface area contributed by atoms with Crippen LogP contribution in [0.4, 0.5) is 0 Å². The summed E-state index contributed by atoms with van der Waals surface area (Å²) in [5.74, 6) is 0. The van der Waals surface area contributed by atoms with E-state index in [1.807, 2.05) is 30.3 Å². The zero-order valence-corrected chi connectivity index (χ0v) is 16.7. The van der Waals surface area contributed by atoms with Crippen molar-refractivity contribution >= 4 is 18.4 Å². The Hall–Kier alpha value is -0.733. The maximum Gasteiger partial charge on any atom is 0.265 e. The van der Waals surface area contributed by atoms with E-state index < -0.39 is 30.6 Å². The maximum atomic E-state index is 11.6. The molecule has 0 aliphatic heterocycles. The zero-order valence-electron chi connectivity index (χ0n) is 14.9. The van der Waals surface area contributed by atoms with Crippen LogP contribution in [0.2, 0.25) is 18.1 Å². The monoisotopic (exact) mass is 359 g/mol. The van der Waals surface area contributed by atoms with Crippen LogP contribution < -0.4 is 5.73 Å². The maximum absolute atomic E-state index is 11.6. The molecular formula is C16H29NO4SSi. The molecule has 1 rings (SSSR count). The minimum atomic E-state index is -3.62. The first-order chi connectivity index (χ1) is 10.3. The average Bonchev–Trinajstić information content (AvgIpc) is 2.41. The topological polar surface area (TPSA) is 78.6 Å². The van der Waals surface area contributed by atoms with Gasteiger partial charge in [0.2, 0.25) is 0 Å². The van der Waals surface area contributed by atoms with Crippen molar-refractivity contribution in [1.29, 1.82) is 0 Å². The molecule has 1 aromatic rings. The molecule has 0 radical (unpaired) electrons. The summed E-state index contributed by atoms with van der Waals surface area (Å²) >= 11 is 0. The average molecular weight is 360 g/mol. The van der Waals surface area contributed by atoms with Crippen molar-refractivity contribution in [1.82, 2.24) is 0 Å². The highest BCUT2D eigenvalue weighted by Crippen LogP contribution is 2.37. The van der Waals surface area contributed by atoms with Crippen LogP contribution in [-0.4, -0.2) is 35.6 Å². The van der Waals surface area contributed by atoms with Crippen LogP contribution in [0.15, 0.2) is 30.3 Å². The van der Waals surface area contributed by atoms with Crippen molar-refractivity contribution in [2.75, 3.05) is 12.9 Å². The molecule has 7 heteroatoms. The predicted molar refractivity (Wildman–Crippen MR) is 96.2 cm³/mol. The van der Waals surface area contributed by atoms with Crippen LogP contribution >= 0.6 is 0 Å². The summed E-state index contributed by atoms with van der Waals surface area (Å²) in [6, 6.07) is 8.56. The fraction of sp³-hybridized carbons (Fsp3) is 0.625. The molecular weight excluding hydrogens is 330 g/mol. The normalized spacial score (nSPS) is 16.1. The van der Waals surface area contributed by atoms with Gasteiger partial charge in [0.05, 0.1) is 18.9 Å². The summed E-state index contributed by atoms with van der Waals surface area (Å²) < 4.78 is 34.5. The molecule has 0 bridgehead atoms. The van der Waals surface area contributed by atoms with Gasteiger partial charge in [0.25, 0.3) is 10.1 Å². The Morgan fingerprint density at radius 3 is 2.13 bits per heavy atom. The lowest BCUT2D eigenvalue weighted by Crippen LogP contribution is -2.45. The Morgan fingerprint density at radius 2 is 1.70 bits per heavy atom. The molecule has 1 aromatic carbocycles. The number of hydrogen-bond acceptors (Lipinski definition) is 5. The number of nitrogens with two attached hydrogens (primary N) is 1. The van der Waals surface area contributed by atoms with E-state index in [0.29, 0.717) is 0 Å². The van der Waals surface area contributed by atoms with Gasteiger partial charge in [-0.25, -0.2) is 0 Å². The van der Waals surface area contributed by atoms with Crippen molar-refractivity contribution in [2.45, 2.75) is 51.0 Å². The van der Waals surface area contributed by atoms with E-state index >= 15 is 0 Å². The molecule has 0 aliphatic rings. The van der Waals surface area contributed by atoms with Crippen molar-refractivity contribution in [3.8, 4) is 0 Å². The molecule has 2 atom stereocenters. The largest absolute Gasteiger partial charge is 0.415 e. The van der Waals surface area contributed by atoms with Gasteiger partial charge >= 0.3 is 0 Å². The lowest BCUT2D eigenvalue weighted by molar-refractivity contribution is 0.139. The molecule has 0 saturated heterocycles. The minimum Gasteiger partial charge on any atom is -0.415 e. The SMILES string of the molecule is CC(C)(C)[Si](C)(C)OC[C@@H](N)[C@H](OS(C)(=O)=O)c1ccccc1. The highest BCUT2D eigenvalue weighted by molar-refractivity contribution is 7.86. The number of hydrogen-bond donors (Lipinski definition) is 1. The third-order valence-electron chi connectivity index (χ3n) is 4.24. The van der Waals surface area contributed by atoms with E-state index in [1.165, 1.54) is 0 Å². The lowest BCUT2D eigenvalue weighted by Gasteiger charge is -2.37. The fourth-order valence-electron chi connectivity index (χ4n) is 1.81. The molecule has 0 spiro atoms. The molecule has 0 amide bonds. The molecule has 5 nitrogen and oxygen atoms in total. The minimum absolute atomic E-state index is 0.0622. The van der Waals surface area contributed by atoms with Crippen molar-refractivity contribution in [2.24, 2.45) is 5.73 Å². The first-order valence-electron chi connectivity index (χ1n) is 7.66. The molecule has 23 heavy (non-hydrogen) atoms. The summed E-state index contributed by atoms with van der Waals surface area (Å²) in [6.07, 6.45) is 0.278. The third-order valence-corrected chi connectivity index (χ3v) is 9.30. The molecule has 0 fully saturated rings. The Morgan fingerprint density at radius 1 is 1.17 bits per heavy atom. The van der Waals surface area contributed by atoms with Crippen molar-refractivity contribution in [3.63, 3.8) is 0 Å². The molecule has 2 N–H and O–H groups in total. The van der Waals surface area contributed by atoms with Crippen molar-refractivity contribution in [3.05, 3.63) is 35.9 Å². The summed E-state index contributed by atoms with van der Waals surface area (Å²) in [5, 5.41) is 0.0622. The molecule has 132 valence electrons. The summed E-state index contributed by atoms with van der Waals surface area (Å²) in [7, 11) is -5.58. The Labute approximate surface area is 141 Å². The van der Waals surface area contributed by atoms with E-state index in [2.05, 4.69) is 33.9 Å². The standard InChI is InChI=1S/C16H29NO4SSi/c1-16(2,3)23(5,6)20-12-14(17)15(21-22(4,18)19)13-10-8-7-9-11-13/h7-11,14-15H,12,17H2,1-6H3/t14-,15-/m1/s1. The van der Waals surface area contributed by atoms with Crippen LogP contribution in [0.5, 0.6) is 0 Å². The number of rotatable bonds is 7. The summed E-state index contributed by atoms with van der Waals surface area (Å²) in [5.41, 5.74) is 6.94. The zero-order chi connectivity index (χ0) is 17.9.